The molecule has 0 aliphatic heterocycles. The number of hydrogen-bond donors (Lipinski definition) is 0. The van der Waals surface area contributed by atoms with Crippen LogP contribution in [0.2, 0.25) is 0 Å². The largest absolute Gasteiger partial charge is 0.456 e. The Bertz CT molecular complexity index is 3140. The molecule has 54 heavy (non-hydrogen) atoms. The van der Waals surface area contributed by atoms with Crippen molar-refractivity contribution in [3.8, 4) is 56.4 Å². The number of nitrogens with zero attached hydrogens (tertiary/aromatic N) is 3. The van der Waals surface area contributed by atoms with Gasteiger partial charge in [0.05, 0.1) is 0 Å². The molecule has 0 atom stereocenters. The number of furan rings is 2. The Morgan fingerprint density at radius 1 is 0.296 bits per heavy atom. The average molecular weight is 692 g/mol. The lowest BCUT2D eigenvalue weighted by Crippen LogP contribution is -2.00. The van der Waals surface area contributed by atoms with E-state index >= 15 is 0 Å². The molecule has 0 unspecified atom stereocenters. The molecule has 11 rings (SSSR count). The summed E-state index contributed by atoms with van der Waals surface area (Å²) >= 11 is 0. The fourth-order valence-corrected chi connectivity index (χ4v) is 7.76. The van der Waals surface area contributed by atoms with E-state index in [0.29, 0.717) is 17.5 Å². The molecule has 0 N–H and O–H groups in total. The number of aromatic nitrogens is 3. The minimum Gasteiger partial charge on any atom is -0.456 e. The highest BCUT2D eigenvalue weighted by Crippen LogP contribution is 2.44. The smallest absolute Gasteiger partial charge is 0.164 e. The maximum absolute atomic E-state index is 6.68. The fourth-order valence-electron chi connectivity index (χ4n) is 7.76. The lowest BCUT2D eigenvalue weighted by Gasteiger charge is -2.11. The predicted molar refractivity (Wildman–Crippen MR) is 219 cm³/mol. The summed E-state index contributed by atoms with van der Waals surface area (Å²) in [6.45, 7) is 0. The summed E-state index contributed by atoms with van der Waals surface area (Å²) < 4.78 is 13.0. The lowest BCUT2D eigenvalue weighted by molar-refractivity contribution is 0.669. The molecule has 0 amide bonds. The van der Waals surface area contributed by atoms with Crippen LogP contribution in [0.3, 0.4) is 0 Å². The molecule has 3 heterocycles. The molecule has 5 nitrogen and oxygen atoms in total. The van der Waals surface area contributed by atoms with Crippen LogP contribution in [-0.4, -0.2) is 15.0 Å². The van der Waals surface area contributed by atoms with Crippen LogP contribution in [0.25, 0.3) is 111 Å². The third kappa shape index (κ3) is 4.90. The first kappa shape index (κ1) is 30.3. The topological polar surface area (TPSA) is 65.0 Å². The van der Waals surface area contributed by atoms with E-state index < -0.39 is 0 Å². The Balaban J connectivity index is 1.06. The van der Waals surface area contributed by atoms with Gasteiger partial charge in [0.15, 0.2) is 17.5 Å². The Kier molecular flexibility index (Phi) is 6.79. The number of fused-ring (bicyclic) bond motifs is 8. The summed E-state index contributed by atoms with van der Waals surface area (Å²) in [5.74, 6) is 1.91. The SMILES string of the molecule is c1ccc(-c2nc(-c3ccccc3)nc(-c3ccc(-c4cc5c(oc6cccc(-c7ccc8c(c7)oc7ccccc78)c65)c5ccccc45)cc3)n2)cc1. The van der Waals surface area contributed by atoms with Gasteiger partial charge in [0, 0.05) is 43.6 Å². The minimum absolute atomic E-state index is 0.626. The van der Waals surface area contributed by atoms with E-state index in [2.05, 4.69) is 103 Å². The molecule has 0 bridgehead atoms. The first-order valence-electron chi connectivity index (χ1n) is 18.0. The summed E-state index contributed by atoms with van der Waals surface area (Å²) in [6, 6.07) is 60.4. The first-order valence-corrected chi connectivity index (χ1v) is 18.0. The molecule has 0 saturated heterocycles. The van der Waals surface area contributed by atoms with Crippen molar-refractivity contribution >= 4 is 54.6 Å². The van der Waals surface area contributed by atoms with Crippen molar-refractivity contribution in [1.82, 2.24) is 15.0 Å². The number of rotatable bonds is 5. The van der Waals surface area contributed by atoms with Gasteiger partial charge < -0.3 is 8.83 Å². The molecule has 0 radical (unpaired) electrons. The minimum atomic E-state index is 0.626. The van der Waals surface area contributed by atoms with E-state index in [1.165, 1.54) is 0 Å². The molecule has 3 aromatic heterocycles. The second kappa shape index (κ2) is 12.1. The fraction of sp³-hybridized carbons (Fsp3) is 0. The van der Waals surface area contributed by atoms with Crippen LogP contribution < -0.4 is 0 Å². The molecule has 0 aliphatic carbocycles. The Morgan fingerprint density at radius 3 is 1.54 bits per heavy atom. The summed E-state index contributed by atoms with van der Waals surface area (Å²) in [4.78, 5) is 14.8. The van der Waals surface area contributed by atoms with Gasteiger partial charge in [-0.2, -0.15) is 0 Å². The third-order valence-electron chi connectivity index (χ3n) is 10.3. The highest BCUT2D eigenvalue weighted by molar-refractivity contribution is 6.22. The zero-order chi connectivity index (χ0) is 35.6. The van der Waals surface area contributed by atoms with Gasteiger partial charge in [0.1, 0.15) is 22.3 Å². The van der Waals surface area contributed by atoms with Crippen LogP contribution in [-0.2, 0) is 0 Å². The standard InChI is InChI=1S/C49H29N3O2/c1-3-12-31(13-4-1)47-50-48(32-14-5-2-6-15-32)52-49(51-47)33-24-22-30(23-25-33)40-29-41-45-35(19-11-21-43(45)54-46(41)39-18-8-7-16-36(39)40)34-26-27-38-37-17-9-10-20-42(37)53-44(38)28-34/h1-29H. The Labute approximate surface area is 309 Å². The summed E-state index contributed by atoms with van der Waals surface area (Å²) in [7, 11) is 0. The highest BCUT2D eigenvalue weighted by Gasteiger charge is 2.19. The summed E-state index contributed by atoms with van der Waals surface area (Å²) in [5.41, 5.74) is 10.7. The molecule has 0 spiro atoms. The second-order valence-corrected chi connectivity index (χ2v) is 13.6. The zero-order valence-electron chi connectivity index (χ0n) is 28.9. The van der Waals surface area contributed by atoms with E-state index in [1.54, 1.807) is 0 Å². The van der Waals surface area contributed by atoms with Crippen molar-refractivity contribution in [3.63, 3.8) is 0 Å². The van der Waals surface area contributed by atoms with Crippen LogP contribution in [0.5, 0.6) is 0 Å². The molecular formula is C49H29N3O2. The average Bonchev–Trinajstić information content (AvgIpc) is 3.82. The first-order chi connectivity index (χ1) is 26.7. The molecule has 0 saturated carbocycles. The summed E-state index contributed by atoms with van der Waals surface area (Å²) in [6.07, 6.45) is 0. The maximum Gasteiger partial charge on any atom is 0.164 e. The molecule has 8 aromatic carbocycles. The highest BCUT2D eigenvalue weighted by atomic mass is 16.3. The van der Waals surface area contributed by atoms with Gasteiger partial charge >= 0.3 is 0 Å². The number of hydrogen-bond acceptors (Lipinski definition) is 5. The van der Waals surface area contributed by atoms with Crippen molar-refractivity contribution in [1.29, 1.82) is 0 Å². The van der Waals surface area contributed by atoms with Crippen molar-refractivity contribution in [3.05, 3.63) is 176 Å². The van der Waals surface area contributed by atoms with Crippen molar-refractivity contribution in [2.75, 3.05) is 0 Å². The molecule has 0 aliphatic rings. The van der Waals surface area contributed by atoms with Gasteiger partial charge in [-0.05, 0) is 58.0 Å². The van der Waals surface area contributed by atoms with Gasteiger partial charge in [0.2, 0.25) is 0 Å². The molecule has 252 valence electrons. The Hall–Kier alpha value is -7.37. The van der Waals surface area contributed by atoms with Gasteiger partial charge in [0.25, 0.3) is 0 Å². The zero-order valence-corrected chi connectivity index (χ0v) is 28.9. The van der Waals surface area contributed by atoms with E-state index in [-0.39, 0.29) is 0 Å². The normalized spacial score (nSPS) is 11.7. The van der Waals surface area contributed by atoms with Crippen LogP contribution >= 0.6 is 0 Å². The van der Waals surface area contributed by atoms with Gasteiger partial charge in [-0.25, -0.2) is 15.0 Å². The quantitative estimate of drug-likeness (QED) is 0.180. The molecule has 5 heteroatoms. The summed E-state index contributed by atoms with van der Waals surface area (Å²) in [5, 5.41) is 6.58. The third-order valence-corrected chi connectivity index (χ3v) is 10.3. The number of benzene rings is 8. The second-order valence-electron chi connectivity index (χ2n) is 13.6. The van der Waals surface area contributed by atoms with Crippen LogP contribution in [0.15, 0.2) is 185 Å². The van der Waals surface area contributed by atoms with E-state index in [9.17, 15) is 0 Å². The number of para-hydroxylation sites is 1. The van der Waals surface area contributed by atoms with Crippen molar-refractivity contribution < 1.29 is 8.83 Å². The van der Waals surface area contributed by atoms with Gasteiger partial charge in [-0.1, -0.05) is 146 Å². The van der Waals surface area contributed by atoms with Crippen LogP contribution in [0.4, 0.5) is 0 Å². The lowest BCUT2D eigenvalue weighted by atomic mass is 9.93. The molecular weight excluding hydrogens is 663 g/mol. The molecule has 11 aromatic rings. The molecule has 0 fully saturated rings. The monoisotopic (exact) mass is 691 g/mol. The maximum atomic E-state index is 6.68. The predicted octanol–water partition coefficient (Wildman–Crippen LogP) is 13.2. The van der Waals surface area contributed by atoms with Crippen LogP contribution in [0, 0.1) is 0 Å². The van der Waals surface area contributed by atoms with E-state index in [1.807, 2.05) is 72.8 Å². The Morgan fingerprint density at radius 2 is 0.833 bits per heavy atom. The van der Waals surface area contributed by atoms with Gasteiger partial charge in [-0.3, -0.25) is 0 Å². The van der Waals surface area contributed by atoms with Crippen molar-refractivity contribution in [2.24, 2.45) is 0 Å². The van der Waals surface area contributed by atoms with Crippen LogP contribution in [0.1, 0.15) is 0 Å². The van der Waals surface area contributed by atoms with E-state index in [4.69, 9.17) is 23.8 Å². The van der Waals surface area contributed by atoms with E-state index in [0.717, 1.165) is 93.6 Å². The van der Waals surface area contributed by atoms with Crippen molar-refractivity contribution in [2.45, 2.75) is 0 Å². The van der Waals surface area contributed by atoms with Gasteiger partial charge in [-0.15, -0.1) is 0 Å².